The lowest BCUT2D eigenvalue weighted by molar-refractivity contribution is 0.0920. The first-order valence-electron chi connectivity index (χ1n) is 10.1. The van der Waals surface area contributed by atoms with Gasteiger partial charge >= 0.3 is 0 Å². The molecule has 152 valence electrons. The van der Waals surface area contributed by atoms with Crippen molar-refractivity contribution in [1.29, 1.82) is 0 Å². The molecule has 2 aromatic rings. The van der Waals surface area contributed by atoms with Crippen LogP contribution in [0, 0.1) is 6.92 Å². The number of ether oxygens (including phenoxy) is 1. The number of aryl methyl sites for hydroxylation is 1. The summed E-state index contributed by atoms with van der Waals surface area (Å²) in [5.41, 5.74) is 2.30. The Bertz CT molecular complexity index is 794. The third kappa shape index (κ3) is 4.38. The van der Waals surface area contributed by atoms with Crippen LogP contribution in [-0.4, -0.2) is 42.7 Å². The summed E-state index contributed by atoms with van der Waals surface area (Å²) in [6, 6.07) is 8.15. The lowest BCUT2D eigenvalue weighted by atomic mass is 10.00. The van der Waals surface area contributed by atoms with E-state index in [0.29, 0.717) is 23.6 Å². The zero-order valence-electron chi connectivity index (χ0n) is 17.3. The van der Waals surface area contributed by atoms with Gasteiger partial charge in [0.15, 0.2) is 5.76 Å². The fourth-order valence-electron chi connectivity index (χ4n) is 3.94. The van der Waals surface area contributed by atoms with Crippen molar-refractivity contribution in [2.75, 3.05) is 26.7 Å². The molecule has 6 nitrogen and oxygen atoms in total. The summed E-state index contributed by atoms with van der Waals surface area (Å²) in [5, 5.41) is 7.13. The van der Waals surface area contributed by atoms with Gasteiger partial charge in [0.05, 0.1) is 18.8 Å². The summed E-state index contributed by atoms with van der Waals surface area (Å²) < 4.78 is 11.0. The molecule has 1 aliphatic rings. The summed E-state index contributed by atoms with van der Waals surface area (Å²) in [5.74, 6) is 1.48. The molecule has 1 aromatic heterocycles. The predicted molar refractivity (Wildman–Crippen MR) is 109 cm³/mol. The topological polar surface area (TPSA) is 67.6 Å². The van der Waals surface area contributed by atoms with Crippen molar-refractivity contribution in [3.63, 3.8) is 0 Å². The number of likely N-dealkylation sites (tertiary alicyclic amines) is 1. The molecule has 0 spiro atoms. The van der Waals surface area contributed by atoms with Crippen LogP contribution >= 0.6 is 0 Å². The molecule has 0 aliphatic carbocycles. The molecule has 6 heteroatoms. The molecule has 1 aliphatic heterocycles. The molecule has 0 radical (unpaired) electrons. The molecule has 1 aromatic carbocycles. The number of carbonyl (C=O) groups excluding carboxylic acids is 1. The van der Waals surface area contributed by atoms with Crippen molar-refractivity contribution in [3.05, 3.63) is 46.8 Å². The number of rotatable bonds is 7. The number of piperidine rings is 1. The second-order valence-electron chi connectivity index (χ2n) is 7.73. The molecule has 0 bridgehead atoms. The number of amides is 1. The van der Waals surface area contributed by atoms with Gasteiger partial charge in [-0.2, -0.15) is 0 Å². The summed E-state index contributed by atoms with van der Waals surface area (Å²) in [4.78, 5) is 15.4. The van der Waals surface area contributed by atoms with Gasteiger partial charge in [-0.05, 0) is 38.9 Å². The number of hydrogen-bond acceptors (Lipinski definition) is 5. The highest BCUT2D eigenvalue weighted by atomic mass is 16.5. The fraction of sp³-hybridized carbons (Fsp3) is 0.545. The Kier molecular flexibility index (Phi) is 6.73. The number of benzene rings is 1. The van der Waals surface area contributed by atoms with Gasteiger partial charge < -0.3 is 14.6 Å². The van der Waals surface area contributed by atoms with Crippen LogP contribution in [-0.2, 0) is 0 Å². The third-order valence-corrected chi connectivity index (χ3v) is 5.43. The molecule has 3 rings (SSSR count). The van der Waals surface area contributed by atoms with Gasteiger partial charge in [0.1, 0.15) is 11.3 Å². The highest BCUT2D eigenvalue weighted by Crippen LogP contribution is 2.31. The van der Waals surface area contributed by atoms with Crippen LogP contribution in [0.5, 0.6) is 5.75 Å². The van der Waals surface area contributed by atoms with Gasteiger partial charge in [0.2, 0.25) is 0 Å². The molecular weight excluding hydrogens is 354 g/mol. The lowest BCUT2D eigenvalue weighted by Gasteiger charge is -2.35. The van der Waals surface area contributed by atoms with E-state index >= 15 is 0 Å². The molecule has 0 saturated carbocycles. The highest BCUT2D eigenvalue weighted by Gasteiger charge is 2.27. The first-order chi connectivity index (χ1) is 13.5. The normalized spacial score (nSPS) is 16.2. The van der Waals surface area contributed by atoms with Crippen LogP contribution in [0.25, 0.3) is 0 Å². The molecular formula is C22H31N3O3. The van der Waals surface area contributed by atoms with Crippen LogP contribution in [0.15, 0.2) is 28.8 Å². The van der Waals surface area contributed by atoms with E-state index in [1.54, 1.807) is 7.11 Å². The second-order valence-corrected chi connectivity index (χ2v) is 7.73. The highest BCUT2D eigenvalue weighted by molar-refractivity contribution is 5.96. The van der Waals surface area contributed by atoms with Gasteiger partial charge in [-0.3, -0.25) is 9.69 Å². The number of para-hydroxylation sites is 1. The van der Waals surface area contributed by atoms with Crippen molar-refractivity contribution < 1.29 is 14.1 Å². The smallest absolute Gasteiger partial charge is 0.256 e. The van der Waals surface area contributed by atoms with Crippen molar-refractivity contribution in [2.24, 2.45) is 0 Å². The molecule has 1 amide bonds. The molecule has 1 saturated heterocycles. The zero-order chi connectivity index (χ0) is 20.1. The minimum absolute atomic E-state index is 0.0723. The van der Waals surface area contributed by atoms with Crippen molar-refractivity contribution in [2.45, 2.75) is 52.0 Å². The maximum absolute atomic E-state index is 13.0. The first-order valence-corrected chi connectivity index (χ1v) is 10.1. The molecule has 1 unspecified atom stereocenters. The van der Waals surface area contributed by atoms with Gasteiger partial charge in [0.25, 0.3) is 5.91 Å². The van der Waals surface area contributed by atoms with Crippen LogP contribution in [0.4, 0.5) is 0 Å². The number of nitrogens with one attached hydrogen (secondary N) is 1. The third-order valence-electron chi connectivity index (χ3n) is 5.43. The Balaban J connectivity index is 1.82. The van der Waals surface area contributed by atoms with Gasteiger partial charge in [-0.1, -0.05) is 43.6 Å². The monoisotopic (exact) mass is 385 g/mol. The Morgan fingerprint density at radius 1 is 1.25 bits per heavy atom. The molecule has 1 atom stereocenters. The SMILES string of the molecule is COc1ccccc1C(CNC(=O)c1c(C)noc1C(C)C)N1CCCCC1. The van der Waals surface area contributed by atoms with E-state index in [0.717, 1.165) is 24.4 Å². The Hall–Kier alpha value is -2.34. The maximum Gasteiger partial charge on any atom is 0.256 e. The first kappa shape index (κ1) is 20.4. The number of carbonyl (C=O) groups is 1. The summed E-state index contributed by atoms with van der Waals surface area (Å²) >= 11 is 0. The van der Waals surface area contributed by atoms with Crippen molar-refractivity contribution >= 4 is 5.91 Å². The average Bonchev–Trinajstić information content (AvgIpc) is 3.11. The van der Waals surface area contributed by atoms with E-state index in [4.69, 9.17) is 9.26 Å². The van der Waals surface area contributed by atoms with Gasteiger partial charge in [-0.15, -0.1) is 0 Å². The van der Waals surface area contributed by atoms with Crippen LogP contribution in [0.1, 0.15) is 72.4 Å². The summed E-state index contributed by atoms with van der Waals surface area (Å²) in [6.45, 7) is 8.39. The van der Waals surface area contributed by atoms with Gasteiger partial charge in [-0.25, -0.2) is 0 Å². The number of methoxy groups -OCH3 is 1. The largest absolute Gasteiger partial charge is 0.496 e. The van der Waals surface area contributed by atoms with Crippen LogP contribution < -0.4 is 10.1 Å². The van der Waals surface area contributed by atoms with E-state index in [9.17, 15) is 4.79 Å². The second kappa shape index (κ2) is 9.24. The van der Waals surface area contributed by atoms with Crippen LogP contribution in [0.3, 0.4) is 0 Å². The number of nitrogens with zero attached hydrogens (tertiary/aromatic N) is 2. The number of aromatic nitrogens is 1. The Morgan fingerprint density at radius 3 is 2.64 bits per heavy atom. The minimum atomic E-state index is -0.126. The molecule has 28 heavy (non-hydrogen) atoms. The van der Waals surface area contributed by atoms with E-state index in [1.165, 1.54) is 19.3 Å². The lowest BCUT2D eigenvalue weighted by Crippen LogP contribution is -2.41. The Morgan fingerprint density at radius 2 is 1.96 bits per heavy atom. The summed E-state index contributed by atoms with van der Waals surface area (Å²) in [7, 11) is 1.69. The van der Waals surface area contributed by atoms with Crippen molar-refractivity contribution in [3.8, 4) is 5.75 Å². The average molecular weight is 386 g/mol. The van der Waals surface area contributed by atoms with Crippen LogP contribution in [0.2, 0.25) is 0 Å². The zero-order valence-corrected chi connectivity index (χ0v) is 17.3. The fourth-order valence-corrected chi connectivity index (χ4v) is 3.94. The van der Waals surface area contributed by atoms with E-state index in [-0.39, 0.29) is 17.9 Å². The molecule has 1 N–H and O–H groups in total. The standard InChI is InChI=1S/C22H31N3O3/c1-15(2)21-20(16(3)24-28-21)22(26)23-14-18(25-12-8-5-9-13-25)17-10-6-7-11-19(17)27-4/h6-7,10-11,15,18H,5,8-9,12-14H2,1-4H3,(H,23,26). The number of hydrogen-bond donors (Lipinski definition) is 1. The van der Waals surface area contributed by atoms with Crippen molar-refractivity contribution in [1.82, 2.24) is 15.4 Å². The van der Waals surface area contributed by atoms with E-state index in [1.807, 2.05) is 39.0 Å². The predicted octanol–water partition coefficient (Wildman–Crippen LogP) is 4.07. The van der Waals surface area contributed by atoms with Gasteiger partial charge in [0, 0.05) is 18.0 Å². The minimum Gasteiger partial charge on any atom is -0.496 e. The Labute approximate surface area is 167 Å². The molecule has 2 heterocycles. The quantitative estimate of drug-likeness (QED) is 0.778. The van der Waals surface area contributed by atoms with E-state index < -0.39 is 0 Å². The maximum atomic E-state index is 13.0. The van der Waals surface area contributed by atoms with E-state index in [2.05, 4.69) is 21.4 Å². The summed E-state index contributed by atoms with van der Waals surface area (Å²) in [6.07, 6.45) is 3.63. The molecule has 1 fully saturated rings.